The fourth-order valence-electron chi connectivity index (χ4n) is 3.16. The summed E-state index contributed by atoms with van der Waals surface area (Å²) in [6.45, 7) is 0.923. The Morgan fingerprint density at radius 3 is 2.68 bits per heavy atom. The first-order chi connectivity index (χ1) is 13.6. The first-order valence-corrected chi connectivity index (χ1v) is 9.76. The number of benzene rings is 2. The molecule has 0 atom stereocenters. The predicted octanol–water partition coefficient (Wildman–Crippen LogP) is 4.41. The van der Waals surface area contributed by atoms with E-state index in [0.29, 0.717) is 23.7 Å². The molecule has 2 aromatic carbocycles. The average molecular weight is 395 g/mol. The third kappa shape index (κ3) is 3.89. The summed E-state index contributed by atoms with van der Waals surface area (Å²) in [6, 6.07) is 14.9. The maximum absolute atomic E-state index is 12.9. The van der Waals surface area contributed by atoms with Crippen molar-refractivity contribution < 1.29 is 14.0 Å². The van der Waals surface area contributed by atoms with Gasteiger partial charge in [0, 0.05) is 24.5 Å². The van der Waals surface area contributed by atoms with E-state index in [2.05, 4.69) is 10.6 Å². The van der Waals surface area contributed by atoms with Gasteiger partial charge in [-0.15, -0.1) is 11.3 Å². The van der Waals surface area contributed by atoms with E-state index in [9.17, 15) is 14.0 Å². The summed E-state index contributed by atoms with van der Waals surface area (Å²) in [5, 5.41) is 7.41. The molecule has 7 heteroatoms. The van der Waals surface area contributed by atoms with Gasteiger partial charge in [0.1, 0.15) is 5.82 Å². The SMILES string of the molecule is O=C(NCc1ccc(F)cc1)Nc1ccc2c(c1)N(C(=O)c1cccs1)CC2. The monoisotopic (exact) mass is 395 g/mol. The topological polar surface area (TPSA) is 61.4 Å². The van der Waals surface area contributed by atoms with Crippen molar-refractivity contribution in [3.63, 3.8) is 0 Å². The van der Waals surface area contributed by atoms with E-state index in [1.807, 2.05) is 35.7 Å². The molecule has 1 aliphatic rings. The van der Waals surface area contributed by atoms with E-state index in [1.165, 1.54) is 23.5 Å². The number of rotatable bonds is 4. The molecule has 0 saturated heterocycles. The number of halogens is 1. The Balaban J connectivity index is 1.42. The van der Waals surface area contributed by atoms with Crippen molar-refractivity contribution in [1.29, 1.82) is 0 Å². The highest BCUT2D eigenvalue weighted by Gasteiger charge is 2.26. The number of hydrogen-bond donors (Lipinski definition) is 2. The molecule has 142 valence electrons. The van der Waals surface area contributed by atoms with Gasteiger partial charge in [0.2, 0.25) is 0 Å². The first-order valence-electron chi connectivity index (χ1n) is 8.88. The Bertz CT molecular complexity index is 1000. The Morgan fingerprint density at radius 2 is 1.93 bits per heavy atom. The molecular weight excluding hydrogens is 377 g/mol. The van der Waals surface area contributed by atoms with Crippen LogP contribution in [0.25, 0.3) is 0 Å². The summed E-state index contributed by atoms with van der Waals surface area (Å²) in [6.07, 6.45) is 0.795. The summed E-state index contributed by atoms with van der Waals surface area (Å²) in [7, 11) is 0. The van der Waals surface area contributed by atoms with Gasteiger partial charge in [-0.1, -0.05) is 24.3 Å². The second kappa shape index (κ2) is 7.82. The van der Waals surface area contributed by atoms with E-state index >= 15 is 0 Å². The van der Waals surface area contributed by atoms with Crippen LogP contribution in [-0.2, 0) is 13.0 Å². The van der Waals surface area contributed by atoms with Gasteiger partial charge in [-0.3, -0.25) is 4.79 Å². The van der Waals surface area contributed by atoms with Crippen LogP contribution in [0.15, 0.2) is 60.0 Å². The number of anilines is 2. The molecule has 2 heterocycles. The molecule has 0 bridgehead atoms. The lowest BCUT2D eigenvalue weighted by Gasteiger charge is -2.17. The van der Waals surface area contributed by atoms with Gasteiger partial charge >= 0.3 is 6.03 Å². The van der Waals surface area contributed by atoms with E-state index in [0.717, 1.165) is 23.2 Å². The zero-order valence-electron chi connectivity index (χ0n) is 14.9. The van der Waals surface area contributed by atoms with Gasteiger partial charge in [-0.25, -0.2) is 9.18 Å². The van der Waals surface area contributed by atoms with E-state index in [4.69, 9.17) is 0 Å². The van der Waals surface area contributed by atoms with E-state index in [1.54, 1.807) is 17.0 Å². The number of nitrogens with zero attached hydrogens (tertiary/aromatic N) is 1. The zero-order chi connectivity index (χ0) is 19.5. The van der Waals surface area contributed by atoms with Gasteiger partial charge in [0.15, 0.2) is 0 Å². The quantitative estimate of drug-likeness (QED) is 0.687. The highest BCUT2D eigenvalue weighted by atomic mass is 32.1. The molecule has 0 spiro atoms. The van der Waals surface area contributed by atoms with Crippen molar-refractivity contribution >= 4 is 34.6 Å². The van der Waals surface area contributed by atoms with Crippen LogP contribution >= 0.6 is 11.3 Å². The van der Waals surface area contributed by atoms with E-state index < -0.39 is 0 Å². The Labute approximate surface area is 165 Å². The van der Waals surface area contributed by atoms with Crippen LogP contribution in [0, 0.1) is 5.82 Å². The number of nitrogens with one attached hydrogen (secondary N) is 2. The number of thiophene rings is 1. The fraction of sp³-hybridized carbons (Fsp3) is 0.143. The lowest BCUT2D eigenvalue weighted by molar-refractivity contribution is 0.0993. The number of carbonyl (C=O) groups excluding carboxylic acids is 2. The lowest BCUT2D eigenvalue weighted by atomic mass is 10.1. The smallest absolute Gasteiger partial charge is 0.319 e. The molecule has 0 unspecified atom stereocenters. The number of urea groups is 1. The van der Waals surface area contributed by atoms with Gasteiger partial charge < -0.3 is 15.5 Å². The minimum atomic E-state index is -0.363. The fourth-order valence-corrected chi connectivity index (χ4v) is 3.83. The van der Waals surface area contributed by atoms with Crippen LogP contribution in [0.5, 0.6) is 0 Å². The van der Waals surface area contributed by atoms with Crippen LogP contribution in [0.3, 0.4) is 0 Å². The average Bonchev–Trinajstić information content (AvgIpc) is 3.37. The predicted molar refractivity (Wildman–Crippen MR) is 108 cm³/mol. The summed E-state index contributed by atoms with van der Waals surface area (Å²) in [5.74, 6) is -0.334. The van der Waals surface area contributed by atoms with E-state index in [-0.39, 0.29) is 17.8 Å². The molecule has 5 nitrogen and oxygen atoms in total. The maximum Gasteiger partial charge on any atom is 0.319 e. The largest absolute Gasteiger partial charge is 0.334 e. The number of amides is 3. The summed E-state index contributed by atoms with van der Waals surface area (Å²) < 4.78 is 12.9. The first kappa shape index (κ1) is 18.2. The van der Waals surface area contributed by atoms with Gasteiger partial charge in [-0.2, -0.15) is 0 Å². The van der Waals surface area contributed by atoms with Crippen LogP contribution in [0.2, 0.25) is 0 Å². The third-order valence-corrected chi connectivity index (χ3v) is 5.44. The molecule has 2 N–H and O–H groups in total. The highest BCUT2D eigenvalue weighted by Crippen LogP contribution is 2.32. The van der Waals surface area contributed by atoms with Crippen molar-refractivity contribution in [3.05, 3.63) is 81.8 Å². The van der Waals surface area contributed by atoms with Crippen molar-refractivity contribution in [2.24, 2.45) is 0 Å². The van der Waals surface area contributed by atoms with Crippen LogP contribution in [0.1, 0.15) is 20.8 Å². The molecule has 4 rings (SSSR count). The molecular formula is C21H18FN3O2S. The highest BCUT2D eigenvalue weighted by molar-refractivity contribution is 7.12. The van der Waals surface area contributed by atoms with Gasteiger partial charge in [0.05, 0.1) is 4.88 Å². The molecule has 0 saturated carbocycles. The zero-order valence-corrected chi connectivity index (χ0v) is 15.8. The van der Waals surface area contributed by atoms with Gasteiger partial charge in [-0.05, 0) is 53.3 Å². The van der Waals surface area contributed by atoms with Crippen LogP contribution in [-0.4, -0.2) is 18.5 Å². The Kier molecular flexibility index (Phi) is 5.08. The molecule has 0 fully saturated rings. The molecule has 0 radical (unpaired) electrons. The van der Waals surface area contributed by atoms with Crippen molar-refractivity contribution in [1.82, 2.24) is 5.32 Å². The van der Waals surface area contributed by atoms with Crippen LogP contribution < -0.4 is 15.5 Å². The molecule has 0 aliphatic carbocycles. The van der Waals surface area contributed by atoms with Crippen molar-refractivity contribution in [2.75, 3.05) is 16.8 Å². The molecule has 3 aromatic rings. The second-order valence-corrected chi connectivity index (χ2v) is 7.41. The van der Waals surface area contributed by atoms with Crippen molar-refractivity contribution in [2.45, 2.75) is 13.0 Å². The Hall–Kier alpha value is -3.19. The standard InChI is InChI=1S/C21H18FN3O2S/c22-16-6-3-14(4-7-16)13-23-21(27)24-17-8-5-15-9-10-25(18(15)12-17)20(26)19-2-1-11-28-19/h1-8,11-12H,9-10,13H2,(H2,23,24,27). The van der Waals surface area contributed by atoms with Crippen molar-refractivity contribution in [3.8, 4) is 0 Å². The lowest BCUT2D eigenvalue weighted by Crippen LogP contribution is -2.29. The minimum Gasteiger partial charge on any atom is -0.334 e. The summed E-state index contributed by atoms with van der Waals surface area (Å²) in [4.78, 5) is 27.3. The third-order valence-electron chi connectivity index (χ3n) is 4.58. The molecule has 3 amide bonds. The second-order valence-electron chi connectivity index (χ2n) is 6.46. The molecule has 28 heavy (non-hydrogen) atoms. The Morgan fingerprint density at radius 1 is 1.11 bits per heavy atom. The number of fused-ring (bicyclic) bond motifs is 1. The number of carbonyl (C=O) groups is 2. The molecule has 1 aromatic heterocycles. The molecule has 1 aliphatic heterocycles. The van der Waals surface area contributed by atoms with Crippen LogP contribution in [0.4, 0.5) is 20.6 Å². The summed E-state index contributed by atoms with van der Waals surface area (Å²) in [5.41, 5.74) is 3.33. The number of hydrogen-bond acceptors (Lipinski definition) is 3. The summed E-state index contributed by atoms with van der Waals surface area (Å²) >= 11 is 1.42. The van der Waals surface area contributed by atoms with Gasteiger partial charge in [0.25, 0.3) is 5.91 Å². The maximum atomic E-state index is 12.9. The minimum absolute atomic E-state index is 0.0216. The normalized spacial score (nSPS) is 12.5.